The van der Waals surface area contributed by atoms with E-state index in [4.69, 9.17) is 0 Å². The highest BCUT2D eigenvalue weighted by atomic mass is 32.1. The molecule has 0 spiro atoms. The van der Waals surface area contributed by atoms with Crippen LogP contribution < -0.4 is 5.32 Å². The number of hydrogen-bond donors (Lipinski definition) is 1. The van der Waals surface area contributed by atoms with Gasteiger partial charge in [0.1, 0.15) is 16.3 Å². The molecule has 0 bridgehead atoms. The number of hydrogen-bond acceptors (Lipinski definition) is 7. The maximum Gasteiger partial charge on any atom is 0.279 e. The van der Waals surface area contributed by atoms with Crippen molar-refractivity contribution in [3.05, 3.63) is 78.1 Å². The van der Waals surface area contributed by atoms with Gasteiger partial charge in [0.25, 0.3) is 5.91 Å². The van der Waals surface area contributed by atoms with Crippen molar-refractivity contribution >= 4 is 33.3 Å². The van der Waals surface area contributed by atoms with E-state index in [2.05, 4.69) is 30.6 Å². The second-order valence-corrected chi connectivity index (χ2v) is 6.98. The monoisotopic (exact) mass is 399 g/mol. The first-order chi connectivity index (χ1) is 14.3. The summed E-state index contributed by atoms with van der Waals surface area (Å²) in [7, 11) is 0. The van der Waals surface area contributed by atoms with Gasteiger partial charge >= 0.3 is 0 Å². The van der Waals surface area contributed by atoms with Crippen LogP contribution in [0, 0.1) is 0 Å². The molecule has 0 fully saturated rings. The maximum atomic E-state index is 12.8. The Kier molecular flexibility index (Phi) is 4.26. The van der Waals surface area contributed by atoms with E-state index in [0.717, 1.165) is 15.9 Å². The number of rotatable bonds is 4. The maximum absolute atomic E-state index is 12.8. The molecule has 1 N–H and O–H groups in total. The molecule has 0 atom stereocenters. The summed E-state index contributed by atoms with van der Waals surface area (Å²) in [4.78, 5) is 26.9. The number of benzene rings is 1. The minimum atomic E-state index is -0.398. The highest BCUT2D eigenvalue weighted by Gasteiger charge is 2.17. The zero-order valence-electron chi connectivity index (χ0n) is 14.9. The number of carbonyl (C=O) groups excluding carboxylic acids is 1. The number of nitrogens with one attached hydrogen (secondary N) is 1. The van der Waals surface area contributed by atoms with Crippen molar-refractivity contribution in [2.75, 3.05) is 5.32 Å². The summed E-state index contributed by atoms with van der Waals surface area (Å²) < 4.78 is 1.55. The van der Waals surface area contributed by atoms with Gasteiger partial charge in [0.2, 0.25) is 0 Å². The van der Waals surface area contributed by atoms with Crippen LogP contribution in [0.3, 0.4) is 0 Å². The molecule has 0 aliphatic heterocycles. The first-order valence-corrected chi connectivity index (χ1v) is 9.62. The van der Waals surface area contributed by atoms with E-state index in [1.807, 2.05) is 60.0 Å². The fourth-order valence-electron chi connectivity index (χ4n) is 2.81. The summed E-state index contributed by atoms with van der Waals surface area (Å²) in [5.41, 5.74) is 1.64. The van der Waals surface area contributed by atoms with E-state index in [1.165, 1.54) is 11.3 Å². The summed E-state index contributed by atoms with van der Waals surface area (Å²) in [6.45, 7) is 0. The average Bonchev–Trinajstić information content (AvgIpc) is 3.45. The van der Waals surface area contributed by atoms with E-state index < -0.39 is 5.91 Å². The Labute approximate surface area is 168 Å². The number of pyridine rings is 1. The van der Waals surface area contributed by atoms with Gasteiger partial charge in [-0.3, -0.25) is 9.78 Å². The van der Waals surface area contributed by atoms with Crippen LogP contribution >= 0.6 is 11.3 Å². The van der Waals surface area contributed by atoms with E-state index in [1.54, 1.807) is 17.1 Å². The summed E-state index contributed by atoms with van der Waals surface area (Å²) in [6.07, 6.45) is 3.26. The van der Waals surface area contributed by atoms with E-state index >= 15 is 0 Å². The molecule has 8 nitrogen and oxygen atoms in total. The molecule has 1 amide bonds. The highest BCUT2D eigenvalue weighted by molar-refractivity contribution is 7.16. The van der Waals surface area contributed by atoms with E-state index in [0.29, 0.717) is 17.3 Å². The van der Waals surface area contributed by atoms with Gasteiger partial charge < -0.3 is 5.32 Å². The number of para-hydroxylation sites is 1. The lowest BCUT2D eigenvalue weighted by atomic mass is 10.3. The van der Waals surface area contributed by atoms with Crippen LogP contribution in [0.2, 0.25) is 0 Å². The van der Waals surface area contributed by atoms with Crippen molar-refractivity contribution in [3.63, 3.8) is 0 Å². The molecule has 29 heavy (non-hydrogen) atoms. The van der Waals surface area contributed by atoms with Crippen molar-refractivity contribution in [3.8, 4) is 17.2 Å². The van der Waals surface area contributed by atoms with Crippen LogP contribution in [-0.4, -0.2) is 35.9 Å². The van der Waals surface area contributed by atoms with Crippen LogP contribution in [0.1, 0.15) is 10.5 Å². The van der Waals surface area contributed by atoms with Crippen molar-refractivity contribution in [2.45, 2.75) is 0 Å². The van der Waals surface area contributed by atoms with Crippen molar-refractivity contribution < 1.29 is 4.79 Å². The van der Waals surface area contributed by atoms with Crippen LogP contribution in [0.5, 0.6) is 0 Å². The number of nitrogens with zero attached hydrogens (tertiary/aromatic N) is 6. The average molecular weight is 399 g/mol. The van der Waals surface area contributed by atoms with Gasteiger partial charge in [-0.15, -0.1) is 16.4 Å². The molecule has 1 aromatic carbocycles. The molecular weight excluding hydrogens is 386 g/mol. The molecule has 0 aliphatic rings. The number of anilines is 1. The smallest absolute Gasteiger partial charge is 0.279 e. The third kappa shape index (κ3) is 3.34. The molecule has 0 aliphatic carbocycles. The van der Waals surface area contributed by atoms with E-state index in [-0.39, 0.29) is 5.69 Å². The van der Waals surface area contributed by atoms with Crippen LogP contribution in [0.25, 0.3) is 27.4 Å². The predicted molar refractivity (Wildman–Crippen MR) is 110 cm³/mol. The third-order valence-electron chi connectivity index (χ3n) is 4.20. The molecule has 0 saturated carbocycles. The summed E-state index contributed by atoms with van der Waals surface area (Å²) in [5, 5.41) is 13.5. The fourth-order valence-corrected chi connectivity index (χ4v) is 3.57. The lowest BCUT2D eigenvalue weighted by Crippen LogP contribution is -2.14. The van der Waals surface area contributed by atoms with Gasteiger partial charge in [-0.1, -0.05) is 29.5 Å². The Morgan fingerprint density at radius 1 is 1.00 bits per heavy atom. The van der Waals surface area contributed by atoms with Crippen LogP contribution in [0.4, 0.5) is 5.82 Å². The Balaban J connectivity index is 1.48. The number of fused-ring (bicyclic) bond motifs is 1. The summed E-state index contributed by atoms with van der Waals surface area (Å²) in [6, 6.07) is 16.9. The zero-order chi connectivity index (χ0) is 19.6. The Morgan fingerprint density at radius 2 is 1.86 bits per heavy atom. The molecular formula is C20H13N7OS. The standard InChI is InChI=1S/C20H13N7OS/c28-19(16-12-27(26-25-16)13-6-2-1-3-7-13)23-17-14-9-11-29-20(14)24-18(22-17)15-8-4-5-10-21-15/h1-12H,(H,22,23,24,28). The summed E-state index contributed by atoms with van der Waals surface area (Å²) >= 11 is 1.47. The SMILES string of the molecule is O=C(Nc1nc(-c2ccccn2)nc2sccc12)c1cn(-c2ccccc2)nn1. The molecule has 140 valence electrons. The lowest BCUT2D eigenvalue weighted by Gasteiger charge is -2.06. The van der Waals surface area contributed by atoms with Gasteiger partial charge in [-0.25, -0.2) is 14.6 Å². The van der Waals surface area contributed by atoms with Crippen LogP contribution in [0.15, 0.2) is 72.4 Å². The molecule has 0 radical (unpaired) electrons. The molecule has 4 heterocycles. The third-order valence-corrected chi connectivity index (χ3v) is 5.00. The highest BCUT2D eigenvalue weighted by Crippen LogP contribution is 2.28. The topological polar surface area (TPSA) is 98.5 Å². The van der Waals surface area contributed by atoms with E-state index in [9.17, 15) is 4.79 Å². The lowest BCUT2D eigenvalue weighted by molar-refractivity contribution is 0.102. The molecule has 0 unspecified atom stereocenters. The number of carbonyl (C=O) groups is 1. The minimum absolute atomic E-state index is 0.190. The number of thiophene rings is 1. The molecule has 5 aromatic rings. The Morgan fingerprint density at radius 3 is 2.69 bits per heavy atom. The van der Waals surface area contributed by atoms with Gasteiger partial charge in [0.15, 0.2) is 11.5 Å². The molecule has 4 aromatic heterocycles. The van der Waals surface area contributed by atoms with Crippen molar-refractivity contribution in [1.29, 1.82) is 0 Å². The normalized spacial score (nSPS) is 10.9. The second-order valence-electron chi connectivity index (χ2n) is 6.09. The molecule has 5 rings (SSSR count). The zero-order valence-corrected chi connectivity index (χ0v) is 15.7. The van der Waals surface area contributed by atoms with Crippen molar-refractivity contribution in [1.82, 2.24) is 29.9 Å². The predicted octanol–water partition coefficient (Wildman–Crippen LogP) is 3.59. The molecule has 0 saturated heterocycles. The number of amides is 1. The Hall–Kier alpha value is -3.98. The first-order valence-electron chi connectivity index (χ1n) is 8.74. The number of aromatic nitrogens is 6. The van der Waals surface area contributed by atoms with Gasteiger partial charge in [-0.2, -0.15) is 0 Å². The largest absolute Gasteiger partial charge is 0.304 e. The van der Waals surface area contributed by atoms with Gasteiger partial charge in [0, 0.05) is 6.20 Å². The summed E-state index contributed by atoms with van der Waals surface area (Å²) in [5.74, 6) is 0.463. The first kappa shape index (κ1) is 17.1. The minimum Gasteiger partial charge on any atom is -0.304 e. The molecule has 9 heteroatoms. The van der Waals surface area contributed by atoms with Gasteiger partial charge in [-0.05, 0) is 35.7 Å². The second kappa shape index (κ2) is 7.21. The quantitative estimate of drug-likeness (QED) is 0.496. The van der Waals surface area contributed by atoms with Crippen LogP contribution in [-0.2, 0) is 0 Å². The Bertz CT molecular complexity index is 1300. The van der Waals surface area contributed by atoms with Gasteiger partial charge in [0.05, 0.1) is 17.3 Å². The van der Waals surface area contributed by atoms with Crippen molar-refractivity contribution in [2.24, 2.45) is 0 Å². The fraction of sp³-hybridized carbons (Fsp3) is 0.